The molecule has 1 aromatic heterocycles. The molecule has 0 aliphatic heterocycles. The molecule has 76 heavy (non-hydrogen) atoms. The quantitative estimate of drug-likeness (QED) is 0.0281. The van der Waals surface area contributed by atoms with Crippen LogP contribution in [0.15, 0.2) is 12.5 Å². The number of H-pyrrole nitrogens is 1. The van der Waals surface area contributed by atoms with Crippen molar-refractivity contribution in [3.8, 4) is 0 Å². The number of aliphatic carboxylic acids is 3. The number of primary amides is 1. The SMILES string of the molecule is CC[C@H](C)[C@H](NC(=O)[C@H](CC(=O)O)NC(=O)[C@H](CCC(N)=O)NC(=O)[C@H](C)N)C(=O)N[C@@H](CC(C)C)C(=O)N[C@@H](CCC(=O)O)C(=O)N[C@@H](CCCCN)C(=O)N[C@@H](CCCCN)C(=O)N[C@@H](Cc1cnc[nH]1)C(=O)O. The van der Waals surface area contributed by atoms with Crippen LogP contribution in [-0.4, -0.2) is 164 Å². The zero-order valence-corrected chi connectivity index (χ0v) is 43.8. The molecule has 9 amide bonds. The number of carboxylic acid groups (broad SMARTS) is 3. The average Bonchev–Trinajstić information content (AvgIpc) is 3.86. The number of rotatable bonds is 39. The Balaban J connectivity index is 3.53. The van der Waals surface area contributed by atoms with Crippen LogP contribution in [0.1, 0.15) is 124 Å². The first-order valence-electron chi connectivity index (χ1n) is 25.2. The van der Waals surface area contributed by atoms with Crippen molar-refractivity contribution < 1.29 is 72.9 Å². The highest BCUT2D eigenvalue weighted by Gasteiger charge is 2.37. The molecule has 0 fully saturated rings. The Bertz CT molecular complexity index is 2110. The van der Waals surface area contributed by atoms with Gasteiger partial charge in [0.1, 0.15) is 48.3 Å². The second kappa shape index (κ2) is 35.1. The summed E-state index contributed by atoms with van der Waals surface area (Å²) in [6.45, 7) is 8.41. The Morgan fingerprint density at radius 2 is 0.987 bits per heavy atom. The second-order valence-electron chi connectivity index (χ2n) is 18.9. The molecule has 1 rings (SSSR count). The molecular weight excluding hydrogens is 1000 g/mol. The van der Waals surface area contributed by atoms with E-state index < -0.39 is 157 Å². The third-order valence-electron chi connectivity index (χ3n) is 11.9. The van der Waals surface area contributed by atoms with Gasteiger partial charge in [-0.1, -0.05) is 34.1 Å². The molecule has 0 radical (unpaired) electrons. The van der Waals surface area contributed by atoms with E-state index in [0.717, 1.165) is 0 Å². The van der Waals surface area contributed by atoms with Gasteiger partial charge in [-0.2, -0.15) is 0 Å². The monoisotopic (exact) mass is 1080 g/mol. The zero-order chi connectivity index (χ0) is 57.7. The number of hydrogen-bond donors (Lipinski definition) is 16. The Kier molecular flexibility index (Phi) is 30.8. The summed E-state index contributed by atoms with van der Waals surface area (Å²) in [5.41, 5.74) is 22.6. The molecule has 0 spiro atoms. The number of nitrogens with two attached hydrogens (primary N) is 4. The Morgan fingerprint density at radius 3 is 1.39 bits per heavy atom. The van der Waals surface area contributed by atoms with Gasteiger partial charge in [-0.15, -0.1) is 0 Å². The van der Waals surface area contributed by atoms with Crippen LogP contribution < -0.4 is 65.5 Å². The molecule has 10 atom stereocenters. The fourth-order valence-electron chi connectivity index (χ4n) is 7.40. The summed E-state index contributed by atoms with van der Waals surface area (Å²) in [4.78, 5) is 164. The van der Waals surface area contributed by atoms with Crippen molar-refractivity contribution in [1.82, 2.24) is 52.5 Å². The number of carbonyl (C=O) groups is 12. The number of carbonyl (C=O) groups excluding carboxylic acids is 9. The number of hydrogen-bond acceptors (Lipinski definition) is 16. The van der Waals surface area contributed by atoms with E-state index in [0.29, 0.717) is 25.0 Å². The van der Waals surface area contributed by atoms with Gasteiger partial charge in [-0.25, -0.2) is 9.78 Å². The normalized spacial score (nSPS) is 15.1. The predicted molar refractivity (Wildman–Crippen MR) is 271 cm³/mol. The third-order valence-corrected chi connectivity index (χ3v) is 11.9. The zero-order valence-electron chi connectivity index (χ0n) is 43.8. The summed E-state index contributed by atoms with van der Waals surface area (Å²) in [7, 11) is 0. The number of amides is 9. The molecule has 0 aromatic carbocycles. The molecule has 0 saturated heterocycles. The Hall–Kier alpha value is -7.27. The third kappa shape index (κ3) is 25.8. The maximum atomic E-state index is 14.2. The van der Waals surface area contributed by atoms with Crippen LogP contribution in [0.4, 0.5) is 0 Å². The summed E-state index contributed by atoms with van der Waals surface area (Å²) < 4.78 is 0. The van der Waals surface area contributed by atoms with Crippen molar-refractivity contribution in [2.45, 2.75) is 179 Å². The molecular formula is C47H80N14O15. The molecule has 428 valence electrons. The number of aromatic amines is 1. The van der Waals surface area contributed by atoms with Crippen LogP contribution in [0.3, 0.4) is 0 Å². The molecule has 0 saturated carbocycles. The number of carboxylic acids is 3. The van der Waals surface area contributed by atoms with E-state index in [1.807, 2.05) is 0 Å². The molecule has 29 nitrogen and oxygen atoms in total. The minimum Gasteiger partial charge on any atom is -0.481 e. The van der Waals surface area contributed by atoms with E-state index in [9.17, 15) is 72.9 Å². The number of imidazole rings is 1. The van der Waals surface area contributed by atoms with Crippen molar-refractivity contribution in [3.05, 3.63) is 18.2 Å². The van der Waals surface area contributed by atoms with Crippen molar-refractivity contribution >= 4 is 71.1 Å². The molecule has 20 N–H and O–H groups in total. The number of nitrogens with one attached hydrogen (secondary N) is 9. The lowest BCUT2D eigenvalue weighted by molar-refractivity contribution is -0.142. The van der Waals surface area contributed by atoms with Gasteiger partial charge >= 0.3 is 17.9 Å². The summed E-state index contributed by atoms with van der Waals surface area (Å²) >= 11 is 0. The smallest absolute Gasteiger partial charge is 0.326 e. The van der Waals surface area contributed by atoms with E-state index in [2.05, 4.69) is 52.5 Å². The fraction of sp³-hybridized carbons (Fsp3) is 0.681. The number of unbranched alkanes of at least 4 members (excludes halogenated alkanes) is 2. The van der Waals surface area contributed by atoms with E-state index in [1.165, 1.54) is 19.4 Å². The maximum Gasteiger partial charge on any atom is 0.326 e. The molecule has 0 bridgehead atoms. The van der Waals surface area contributed by atoms with Crippen molar-refractivity contribution in [1.29, 1.82) is 0 Å². The van der Waals surface area contributed by atoms with Gasteiger partial charge in [0.15, 0.2) is 0 Å². The van der Waals surface area contributed by atoms with Crippen LogP contribution in [0, 0.1) is 11.8 Å². The van der Waals surface area contributed by atoms with Crippen LogP contribution >= 0.6 is 0 Å². The van der Waals surface area contributed by atoms with Crippen LogP contribution in [0.2, 0.25) is 0 Å². The Morgan fingerprint density at radius 1 is 0.553 bits per heavy atom. The highest BCUT2D eigenvalue weighted by molar-refractivity contribution is 5.99. The first kappa shape index (κ1) is 66.7. The predicted octanol–water partition coefficient (Wildman–Crippen LogP) is -3.78. The largest absolute Gasteiger partial charge is 0.481 e. The lowest BCUT2D eigenvalue weighted by Crippen LogP contribution is -2.61. The van der Waals surface area contributed by atoms with Gasteiger partial charge in [-0.3, -0.25) is 52.7 Å². The van der Waals surface area contributed by atoms with Gasteiger partial charge in [0.05, 0.1) is 18.8 Å². The molecule has 1 heterocycles. The molecule has 1 aromatic rings. The lowest BCUT2D eigenvalue weighted by Gasteiger charge is -2.30. The summed E-state index contributed by atoms with van der Waals surface area (Å²) in [6.07, 6.45) is 1.23. The molecule has 0 unspecified atom stereocenters. The maximum absolute atomic E-state index is 14.2. The summed E-state index contributed by atoms with van der Waals surface area (Å²) in [5, 5.41) is 48.8. The fourth-order valence-corrected chi connectivity index (χ4v) is 7.40. The first-order valence-corrected chi connectivity index (χ1v) is 25.2. The minimum atomic E-state index is -1.85. The van der Waals surface area contributed by atoms with E-state index in [4.69, 9.17) is 22.9 Å². The van der Waals surface area contributed by atoms with Crippen molar-refractivity contribution in [3.63, 3.8) is 0 Å². The van der Waals surface area contributed by atoms with E-state index in [-0.39, 0.29) is 64.0 Å². The van der Waals surface area contributed by atoms with Crippen molar-refractivity contribution in [2.24, 2.45) is 34.8 Å². The topological polar surface area (TPSA) is 495 Å². The highest BCUT2D eigenvalue weighted by Crippen LogP contribution is 2.14. The van der Waals surface area contributed by atoms with E-state index >= 15 is 0 Å². The minimum absolute atomic E-state index is 0.0198. The van der Waals surface area contributed by atoms with Crippen LogP contribution in [0.5, 0.6) is 0 Å². The second-order valence-corrected chi connectivity index (χ2v) is 18.9. The van der Waals surface area contributed by atoms with Crippen LogP contribution in [-0.2, 0) is 64.0 Å². The summed E-state index contributed by atoms with van der Waals surface area (Å²) in [5.74, 6) is -13.8. The first-order chi connectivity index (χ1) is 35.7. The lowest BCUT2D eigenvalue weighted by atomic mass is 9.96. The molecule has 29 heteroatoms. The molecule has 0 aliphatic carbocycles. The van der Waals surface area contributed by atoms with Gasteiger partial charge in [0, 0.05) is 31.2 Å². The number of aromatic nitrogens is 2. The highest BCUT2D eigenvalue weighted by atomic mass is 16.4. The van der Waals surface area contributed by atoms with Gasteiger partial charge in [0.25, 0.3) is 0 Å². The van der Waals surface area contributed by atoms with E-state index in [1.54, 1.807) is 27.7 Å². The molecule has 0 aliphatic rings. The van der Waals surface area contributed by atoms with Gasteiger partial charge in [0.2, 0.25) is 53.2 Å². The van der Waals surface area contributed by atoms with Gasteiger partial charge in [-0.05, 0) is 89.6 Å². The number of nitrogens with zero attached hydrogens (tertiary/aromatic N) is 1. The van der Waals surface area contributed by atoms with Crippen LogP contribution in [0.25, 0.3) is 0 Å². The Labute approximate surface area is 440 Å². The standard InChI is InChI=1S/C47H80N14O15/c1-6-25(4)38(61-45(73)33(21-37(65)66)58-43(71)30(13-15-35(51)62)54-39(67)26(5)50)46(74)59-32(19-24(2)3)44(72)57-31(14-16-36(63)64)42(70)56-28(11-7-9-17-48)40(68)55-29(12-8-10-18-49)41(69)60-34(47(75)76)20-27-22-52-23-53-27/h22-26,28-34,38H,6-21,48-50H2,1-5H3,(H2,51,62)(H,52,53)(H,54,67)(H,55,68)(H,56,70)(H,57,72)(H,58,71)(H,59,74)(H,60,69)(H,61,73)(H,63,64)(H,65,66)(H,75,76)/t25-,26-,28-,29-,30-,31-,32-,33-,34-,38-/m0/s1. The van der Waals surface area contributed by atoms with Crippen molar-refractivity contribution in [2.75, 3.05) is 13.1 Å². The summed E-state index contributed by atoms with van der Waals surface area (Å²) in [6, 6.07) is -13.1. The van der Waals surface area contributed by atoms with Gasteiger partial charge < -0.3 is 85.8 Å². The average molecular weight is 1080 g/mol.